The van der Waals surface area contributed by atoms with Gasteiger partial charge in [0, 0.05) is 11.1 Å². The second kappa shape index (κ2) is 12.3. The Balaban J connectivity index is 1.89. The van der Waals surface area contributed by atoms with Gasteiger partial charge in [0.25, 0.3) is 0 Å². The summed E-state index contributed by atoms with van der Waals surface area (Å²) in [7, 11) is -4.37. The number of carbonyl (C=O) groups excluding carboxylic acids is 3. The molecule has 0 spiro atoms. The molecule has 1 aliphatic carbocycles. The molecule has 0 bridgehead atoms. The SMILES string of the molecule is Cc1cc(C)c(C(=O)P(=O)(CC(=O)OCCCC2CCCCC2)C(=O)c2c(C)cc(C)cc2C)c(C)c1. The number of hydrogen-bond acceptors (Lipinski definition) is 5. The van der Waals surface area contributed by atoms with Crippen molar-refractivity contribution in [2.24, 2.45) is 5.92 Å². The lowest BCUT2D eigenvalue weighted by Crippen LogP contribution is -2.22. The zero-order valence-corrected chi connectivity index (χ0v) is 24.1. The maximum atomic E-state index is 14.5. The first kappa shape index (κ1) is 29.0. The van der Waals surface area contributed by atoms with Gasteiger partial charge in [-0.15, -0.1) is 0 Å². The molecule has 5 nitrogen and oxygen atoms in total. The summed E-state index contributed by atoms with van der Waals surface area (Å²) in [5.74, 6) is -0.0832. The van der Waals surface area contributed by atoms with Crippen LogP contribution in [-0.4, -0.2) is 29.8 Å². The molecule has 200 valence electrons. The van der Waals surface area contributed by atoms with Crippen LogP contribution in [0.5, 0.6) is 0 Å². The Bertz CT molecular complexity index is 1120. The summed E-state index contributed by atoms with van der Waals surface area (Å²) >= 11 is 0. The van der Waals surface area contributed by atoms with E-state index in [1.54, 1.807) is 27.7 Å². The van der Waals surface area contributed by atoms with Gasteiger partial charge in [0.1, 0.15) is 6.16 Å². The number of carbonyl (C=O) groups is 3. The van der Waals surface area contributed by atoms with Gasteiger partial charge in [0.2, 0.25) is 18.2 Å². The minimum Gasteiger partial charge on any atom is -0.465 e. The monoisotopic (exact) mass is 524 g/mol. The van der Waals surface area contributed by atoms with E-state index >= 15 is 0 Å². The van der Waals surface area contributed by atoms with Crippen molar-refractivity contribution in [1.82, 2.24) is 0 Å². The third kappa shape index (κ3) is 6.87. The first-order chi connectivity index (χ1) is 17.4. The van der Waals surface area contributed by atoms with Gasteiger partial charge < -0.3 is 9.30 Å². The summed E-state index contributed by atoms with van der Waals surface area (Å²) in [6, 6.07) is 7.34. The molecule has 2 aromatic rings. The van der Waals surface area contributed by atoms with E-state index in [0.717, 1.165) is 24.0 Å². The number of aryl methyl sites for hydroxylation is 6. The Morgan fingerprint density at radius 3 is 1.62 bits per heavy atom. The molecular formula is C31H41O5P. The topological polar surface area (TPSA) is 77.5 Å². The Kier molecular flexibility index (Phi) is 9.69. The number of hydrogen-bond donors (Lipinski definition) is 0. The standard InChI is InChI=1S/C31H41O5P/c1-20-15-22(3)28(23(4)16-20)30(33)37(35,31(34)29-24(5)17-21(2)18-25(29)6)19-27(32)36-14-10-13-26-11-8-7-9-12-26/h15-18,26H,7-14,19H2,1-6H3. The summed E-state index contributed by atoms with van der Waals surface area (Å²) in [6.07, 6.45) is 7.26. The van der Waals surface area contributed by atoms with Crippen molar-refractivity contribution in [3.8, 4) is 0 Å². The van der Waals surface area contributed by atoms with Crippen LogP contribution in [0.4, 0.5) is 0 Å². The first-order valence-electron chi connectivity index (χ1n) is 13.4. The molecular weight excluding hydrogens is 483 g/mol. The second-order valence-electron chi connectivity index (χ2n) is 10.9. The summed E-state index contributed by atoms with van der Waals surface area (Å²) in [6.45, 7) is 11.1. The third-order valence-corrected chi connectivity index (χ3v) is 10.00. The van der Waals surface area contributed by atoms with Gasteiger partial charge in [-0.05, 0) is 82.6 Å². The minimum atomic E-state index is -4.37. The number of esters is 1. The van der Waals surface area contributed by atoms with Crippen LogP contribution in [0.15, 0.2) is 24.3 Å². The van der Waals surface area contributed by atoms with Gasteiger partial charge in [-0.25, -0.2) is 0 Å². The Morgan fingerprint density at radius 1 is 0.757 bits per heavy atom. The lowest BCUT2D eigenvalue weighted by molar-refractivity contribution is -0.140. The fraction of sp³-hybridized carbons (Fsp3) is 0.516. The largest absolute Gasteiger partial charge is 0.465 e. The summed E-state index contributed by atoms with van der Waals surface area (Å²) in [5, 5.41) is 0. The predicted octanol–water partition coefficient (Wildman–Crippen LogP) is 7.78. The van der Waals surface area contributed by atoms with Crippen LogP contribution in [0.3, 0.4) is 0 Å². The van der Waals surface area contributed by atoms with Gasteiger partial charge in [-0.2, -0.15) is 0 Å². The Morgan fingerprint density at radius 2 is 1.19 bits per heavy atom. The molecule has 0 aliphatic heterocycles. The molecule has 6 heteroatoms. The van der Waals surface area contributed by atoms with Crippen LogP contribution in [0.25, 0.3) is 0 Å². The minimum absolute atomic E-state index is 0.211. The van der Waals surface area contributed by atoms with E-state index < -0.39 is 30.3 Å². The van der Waals surface area contributed by atoms with Crippen molar-refractivity contribution in [3.63, 3.8) is 0 Å². The van der Waals surface area contributed by atoms with Gasteiger partial charge in [-0.1, -0.05) is 67.5 Å². The molecule has 37 heavy (non-hydrogen) atoms. The lowest BCUT2D eigenvalue weighted by Gasteiger charge is -2.22. The van der Waals surface area contributed by atoms with E-state index in [2.05, 4.69) is 0 Å². The molecule has 2 aromatic carbocycles. The fourth-order valence-corrected chi connectivity index (χ4v) is 8.25. The highest BCUT2D eigenvalue weighted by atomic mass is 31.2. The number of rotatable bonds is 10. The molecule has 0 heterocycles. The van der Waals surface area contributed by atoms with Crippen molar-refractivity contribution in [2.45, 2.75) is 86.5 Å². The summed E-state index contributed by atoms with van der Waals surface area (Å²) in [4.78, 5) is 40.7. The molecule has 1 saturated carbocycles. The van der Waals surface area contributed by atoms with E-state index in [0.29, 0.717) is 28.2 Å². The van der Waals surface area contributed by atoms with E-state index in [-0.39, 0.29) is 17.7 Å². The van der Waals surface area contributed by atoms with Gasteiger partial charge in [0.05, 0.1) is 6.61 Å². The first-order valence-corrected chi connectivity index (χ1v) is 15.3. The highest BCUT2D eigenvalue weighted by Crippen LogP contribution is 2.53. The molecule has 0 radical (unpaired) electrons. The molecule has 0 aromatic heterocycles. The average Bonchev–Trinajstić information content (AvgIpc) is 2.81. The maximum Gasteiger partial charge on any atom is 0.314 e. The molecule has 0 unspecified atom stereocenters. The van der Waals surface area contributed by atoms with Gasteiger partial charge in [-0.3, -0.25) is 14.4 Å². The van der Waals surface area contributed by atoms with Crippen molar-refractivity contribution < 1.29 is 23.7 Å². The molecule has 0 amide bonds. The fourth-order valence-electron chi connectivity index (χ4n) is 5.89. The van der Waals surface area contributed by atoms with Crippen molar-refractivity contribution in [1.29, 1.82) is 0 Å². The van der Waals surface area contributed by atoms with E-state index in [4.69, 9.17) is 4.74 Å². The van der Waals surface area contributed by atoms with Crippen molar-refractivity contribution >= 4 is 24.2 Å². The van der Waals surface area contributed by atoms with Gasteiger partial charge in [0.15, 0.2) is 0 Å². The Hall–Kier alpha value is -2.52. The highest BCUT2D eigenvalue weighted by molar-refractivity contribution is 7.96. The van der Waals surface area contributed by atoms with Crippen LogP contribution in [0.1, 0.15) is 99.0 Å². The predicted molar refractivity (Wildman–Crippen MR) is 149 cm³/mol. The van der Waals surface area contributed by atoms with Crippen LogP contribution in [0.2, 0.25) is 0 Å². The van der Waals surface area contributed by atoms with Crippen LogP contribution >= 0.6 is 7.14 Å². The van der Waals surface area contributed by atoms with Gasteiger partial charge >= 0.3 is 5.97 Å². The summed E-state index contributed by atoms with van der Waals surface area (Å²) in [5.41, 5.74) is 3.53. The van der Waals surface area contributed by atoms with Crippen LogP contribution in [0, 0.1) is 47.5 Å². The average molecular weight is 525 g/mol. The second-order valence-corrected chi connectivity index (χ2v) is 13.5. The molecule has 1 fully saturated rings. The normalized spacial score (nSPS) is 14.4. The quantitative estimate of drug-likeness (QED) is 0.180. The van der Waals surface area contributed by atoms with E-state index in [1.165, 1.54) is 32.1 Å². The molecule has 3 rings (SSSR count). The number of benzene rings is 2. The van der Waals surface area contributed by atoms with Crippen LogP contribution in [-0.2, 0) is 14.1 Å². The zero-order valence-electron chi connectivity index (χ0n) is 23.2. The van der Waals surface area contributed by atoms with Crippen molar-refractivity contribution in [3.05, 3.63) is 68.8 Å². The molecule has 0 atom stereocenters. The number of ether oxygens (including phenoxy) is 1. The van der Waals surface area contributed by atoms with E-state index in [1.807, 2.05) is 38.1 Å². The van der Waals surface area contributed by atoms with E-state index in [9.17, 15) is 18.9 Å². The molecule has 1 aliphatic rings. The molecule has 0 saturated heterocycles. The van der Waals surface area contributed by atoms with Crippen molar-refractivity contribution in [2.75, 3.05) is 12.8 Å². The smallest absolute Gasteiger partial charge is 0.314 e. The van der Waals surface area contributed by atoms with Crippen LogP contribution < -0.4 is 0 Å². The zero-order chi connectivity index (χ0) is 27.3. The molecule has 0 N–H and O–H groups in total. The highest BCUT2D eigenvalue weighted by Gasteiger charge is 2.45. The Labute approximate surface area is 221 Å². The lowest BCUT2D eigenvalue weighted by atomic mass is 9.86. The maximum absolute atomic E-state index is 14.5. The third-order valence-electron chi connectivity index (χ3n) is 7.53. The summed E-state index contributed by atoms with van der Waals surface area (Å²) < 4.78 is 19.9.